The maximum atomic E-state index is 13.1. The summed E-state index contributed by atoms with van der Waals surface area (Å²) in [6.07, 6.45) is 0. The van der Waals surface area contributed by atoms with E-state index in [2.05, 4.69) is 4.98 Å². The third kappa shape index (κ3) is 3.58. The highest BCUT2D eigenvalue weighted by molar-refractivity contribution is 6.32. The molecule has 0 spiro atoms. The maximum absolute atomic E-state index is 13.1. The summed E-state index contributed by atoms with van der Waals surface area (Å²) in [5.41, 5.74) is 1.53. The van der Waals surface area contributed by atoms with Crippen molar-refractivity contribution in [3.63, 3.8) is 0 Å². The first-order valence-electron chi connectivity index (χ1n) is 5.77. The Balaban J connectivity index is 2.18. The van der Waals surface area contributed by atoms with Gasteiger partial charge in [0.1, 0.15) is 11.6 Å². The van der Waals surface area contributed by atoms with E-state index in [1.165, 1.54) is 12.1 Å². The molecule has 0 aliphatic carbocycles. The smallest absolute Gasteiger partial charge is 0.129 e. The monoisotopic (exact) mass is 298 g/mol. The van der Waals surface area contributed by atoms with Gasteiger partial charge in [-0.15, -0.1) is 11.6 Å². The lowest BCUT2D eigenvalue weighted by molar-refractivity contribution is 0.625. The molecular weight excluding hydrogens is 286 g/mol. The third-order valence-corrected chi connectivity index (χ3v) is 3.33. The number of alkyl halides is 1. The summed E-state index contributed by atoms with van der Waals surface area (Å²) in [6.45, 7) is 0.564. The molecule has 0 aliphatic heterocycles. The van der Waals surface area contributed by atoms with Gasteiger partial charge in [0.15, 0.2) is 0 Å². The van der Waals surface area contributed by atoms with Crippen molar-refractivity contribution in [1.29, 1.82) is 0 Å². The van der Waals surface area contributed by atoms with Crippen LogP contribution < -0.4 is 4.90 Å². The number of pyridine rings is 1. The normalized spacial score (nSPS) is 10.5. The van der Waals surface area contributed by atoms with Crippen molar-refractivity contribution in [3.05, 3.63) is 58.5 Å². The highest BCUT2D eigenvalue weighted by atomic mass is 35.5. The molecule has 0 aliphatic rings. The van der Waals surface area contributed by atoms with Crippen LogP contribution in [0.3, 0.4) is 0 Å². The predicted molar refractivity (Wildman–Crippen MR) is 77.3 cm³/mol. The van der Waals surface area contributed by atoms with Crippen LogP contribution in [0.25, 0.3) is 0 Å². The minimum Gasteiger partial charge on any atom is -0.355 e. The minimum absolute atomic E-state index is 0.239. The number of halogens is 3. The molecule has 0 atom stereocenters. The molecule has 1 aromatic carbocycles. The van der Waals surface area contributed by atoms with Gasteiger partial charge in [0.25, 0.3) is 0 Å². The van der Waals surface area contributed by atoms with Crippen molar-refractivity contribution in [2.75, 3.05) is 11.9 Å². The third-order valence-electron chi connectivity index (χ3n) is 2.73. The molecule has 0 saturated heterocycles. The summed E-state index contributed by atoms with van der Waals surface area (Å²) in [5.74, 6) is 0.779. The molecule has 0 radical (unpaired) electrons. The second-order valence-corrected chi connectivity index (χ2v) is 4.89. The van der Waals surface area contributed by atoms with Crippen LogP contribution in [-0.4, -0.2) is 12.0 Å². The minimum atomic E-state index is -0.239. The number of benzene rings is 1. The van der Waals surface area contributed by atoms with E-state index in [0.717, 1.165) is 11.4 Å². The Bertz CT molecular complexity index is 575. The average Bonchev–Trinajstić information content (AvgIpc) is 2.39. The summed E-state index contributed by atoms with van der Waals surface area (Å²) in [7, 11) is 1.89. The molecule has 0 unspecified atom stereocenters. The Hall–Kier alpha value is -1.32. The van der Waals surface area contributed by atoms with E-state index in [0.29, 0.717) is 17.3 Å². The SMILES string of the molecule is CN(Cc1cccc(F)c1)c1ccc(Cl)c(CCl)n1. The van der Waals surface area contributed by atoms with E-state index in [-0.39, 0.29) is 11.7 Å². The molecule has 1 aromatic heterocycles. The van der Waals surface area contributed by atoms with Gasteiger partial charge < -0.3 is 4.90 Å². The van der Waals surface area contributed by atoms with Gasteiger partial charge in [0.2, 0.25) is 0 Å². The molecular formula is C14H13Cl2FN2. The van der Waals surface area contributed by atoms with E-state index in [4.69, 9.17) is 23.2 Å². The van der Waals surface area contributed by atoms with Crippen LogP contribution in [-0.2, 0) is 12.4 Å². The van der Waals surface area contributed by atoms with Crippen LogP contribution in [0.1, 0.15) is 11.3 Å². The van der Waals surface area contributed by atoms with E-state index in [1.807, 2.05) is 24.1 Å². The number of nitrogens with zero attached hydrogens (tertiary/aromatic N) is 2. The van der Waals surface area contributed by atoms with Crippen LogP contribution in [0.5, 0.6) is 0 Å². The quantitative estimate of drug-likeness (QED) is 0.785. The fourth-order valence-electron chi connectivity index (χ4n) is 1.77. The van der Waals surface area contributed by atoms with Gasteiger partial charge in [-0.2, -0.15) is 0 Å². The Kier molecular flexibility index (Phi) is 4.61. The molecule has 100 valence electrons. The highest BCUT2D eigenvalue weighted by Crippen LogP contribution is 2.21. The summed E-state index contributed by atoms with van der Waals surface area (Å²) in [6, 6.07) is 10.1. The largest absolute Gasteiger partial charge is 0.355 e. The second-order valence-electron chi connectivity index (χ2n) is 4.22. The molecule has 5 heteroatoms. The molecule has 0 N–H and O–H groups in total. The fourth-order valence-corrected chi connectivity index (χ4v) is 2.21. The lowest BCUT2D eigenvalue weighted by Gasteiger charge is -2.19. The zero-order valence-corrected chi connectivity index (χ0v) is 11.9. The summed E-state index contributed by atoms with van der Waals surface area (Å²) in [4.78, 5) is 6.30. The van der Waals surface area contributed by atoms with Crippen molar-refractivity contribution in [3.8, 4) is 0 Å². The molecule has 1 heterocycles. The number of hydrogen-bond donors (Lipinski definition) is 0. The number of anilines is 1. The van der Waals surface area contributed by atoms with Crippen molar-refractivity contribution in [2.45, 2.75) is 12.4 Å². The number of aromatic nitrogens is 1. The average molecular weight is 299 g/mol. The van der Waals surface area contributed by atoms with Gasteiger partial charge in [-0.25, -0.2) is 9.37 Å². The van der Waals surface area contributed by atoms with Crippen molar-refractivity contribution in [1.82, 2.24) is 4.98 Å². The Morgan fingerprint density at radius 3 is 2.74 bits per heavy atom. The zero-order valence-electron chi connectivity index (χ0n) is 10.4. The van der Waals surface area contributed by atoms with E-state index in [9.17, 15) is 4.39 Å². The molecule has 0 saturated carbocycles. The van der Waals surface area contributed by atoms with E-state index in [1.54, 1.807) is 12.1 Å². The van der Waals surface area contributed by atoms with Gasteiger partial charge in [0.05, 0.1) is 16.6 Å². The molecule has 19 heavy (non-hydrogen) atoms. The predicted octanol–water partition coefficient (Wildman–Crippen LogP) is 4.25. The van der Waals surface area contributed by atoms with Gasteiger partial charge in [-0.05, 0) is 29.8 Å². The van der Waals surface area contributed by atoms with Crippen LogP contribution >= 0.6 is 23.2 Å². The lowest BCUT2D eigenvalue weighted by Crippen LogP contribution is -2.18. The molecule has 0 amide bonds. The molecule has 0 fully saturated rings. The van der Waals surface area contributed by atoms with Crippen LogP contribution in [0.15, 0.2) is 36.4 Å². The first kappa shape index (κ1) is 14.1. The van der Waals surface area contributed by atoms with Crippen molar-refractivity contribution in [2.24, 2.45) is 0 Å². The number of rotatable bonds is 4. The summed E-state index contributed by atoms with van der Waals surface area (Å²) >= 11 is 11.7. The number of hydrogen-bond acceptors (Lipinski definition) is 2. The Labute approximate surface area is 121 Å². The van der Waals surface area contributed by atoms with Crippen LogP contribution in [0.2, 0.25) is 5.02 Å². The molecule has 2 aromatic rings. The van der Waals surface area contributed by atoms with E-state index < -0.39 is 0 Å². The van der Waals surface area contributed by atoms with Crippen molar-refractivity contribution >= 4 is 29.0 Å². The van der Waals surface area contributed by atoms with Gasteiger partial charge >= 0.3 is 0 Å². The Morgan fingerprint density at radius 1 is 1.26 bits per heavy atom. The molecule has 2 nitrogen and oxygen atoms in total. The topological polar surface area (TPSA) is 16.1 Å². The lowest BCUT2D eigenvalue weighted by atomic mass is 10.2. The second kappa shape index (κ2) is 6.22. The first-order valence-corrected chi connectivity index (χ1v) is 6.68. The van der Waals surface area contributed by atoms with Crippen molar-refractivity contribution < 1.29 is 4.39 Å². The van der Waals surface area contributed by atoms with Gasteiger partial charge in [-0.1, -0.05) is 23.7 Å². The Morgan fingerprint density at radius 2 is 2.05 bits per heavy atom. The molecule has 2 rings (SSSR count). The zero-order chi connectivity index (χ0) is 13.8. The summed E-state index contributed by atoms with van der Waals surface area (Å²) in [5, 5.41) is 0.554. The van der Waals surface area contributed by atoms with Gasteiger partial charge in [0, 0.05) is 13.6 Å². The summed E-state index contributed by atoms with van der Waals surface area (Å²) < 4.78 is 13.1. The van der Waals surface area contributed by atoms with Gasteiger partial charge in [-0.3, -0.25) is 0 Å². The standard InChI is InChI=1S/C14H13Cl2FN2/c1-19(9-10-3-2-4-11(17)7-10)14-6-5-12(16)13(8-15)18-14/h2-7H,8-9H2,1H3. The first-order chi connectivity index (χ1) is 9.10. The van der Waals surface area contributed by atoms with Crippen LogP contribution in [0.4, 0.5) is 10.2 Å². The fraction of sp³-hybridized carbons (Fsp3) is 0.214. The highest BCUT2D eigenvalue weighted by Gasteiger charge is 2.08. The van der Waals surface area contributed by atoms with E-state index >= 15 is 0 Å². The molecule has 0 bridgehead atoms. The maximum Gasteiger partial charge on any atom is 0.129 e. The van der Waals surface area contributed by atoms with Crippen LogP contribution in [0, 0.1) is 5.82 Å².